The second kappa shape index (κ2) is 9.52. The van der Waals surface area contributed by atoms with Crippen molar-refractivity contribution >= 4 is 5.96 Å². The Morgan fingerprint density at radius 3 is 2.54 bits per heavy atom. The zero-order chi connectivity index (χ0) is 18.2. The molecule has 136 valence electrons. The van der Waals surface area contributed by atoms with E-state index in [1.807, 2.05) is 0 Å². The first-order chi connectivity index (χ1) is 11.3. The number of nitrogens with one attached hydrogen (secondary N) is 2. The van der Waals surface area contributed by atoms with Crippen molar-refractivity contribution in [2.75, 3.05) is 40.8 Å². The lowest BCUT2D eigenvalue weighted by molar-refractivity contribution is 0.204. The normalized spacial score (nSPS) is 12.4. The number of benzene rings is 1. The van der Waals surface area contributed by atoms with Crippen molar-refractivity contribution in [2.24, 2.45) is 4.99 Å². The summed E-state index contributed by atoms with van der Waals surface area (Å²) < 4.78 is 5.39. The molecule has 24 heavy (non-hydrogen) atoms. The lowest BCUT2D eigenvalue weighted by atomic mass is 10.1. The van der Waals surface area contributed by atoms with Gasteiger partial charge in [0.15, 0.2) is 5.96 Å². The van der Waals surface area contributed by atoms with Crippen molar-refractivity contribution in [1.29, 1.82) is 0 Å². The van der Waals surface area contributed by atoms with Crippen LogP contribution in [0.4, 0.5) is 0 Å². The van der Waals surface area contributed by atoms with Crippen LogP contribution in [0.25, 0.3) is 0 Å². The summed E-state index contributed by atoms with van der Waals surface area (Å²) in [7, 11) is 5.88. The molecule has 0 saturated carbocycles. The average Bonchev–Trinajstić information content (AvgIpc) is 2.54. The Bertz CT molecular complexity index is 538. The summed E-state index contributed by atoms with van der Waals surface area (Å²) in [4.78, 5) is 6.91. The molecule has 5 heteroatoms. The van der Waals surface area contributed by atoms with Crippen LogP contribution in [0.3, 0.4) is 0 Å². The zero-order valence-electron chi connectivity index (χ0n) is 16.4. The minimum Gasteiger partial charge on any atom is -0.496 e. The van der Waals surface area contributed by atoms with Gasteiger partial charge in [-0.15, -0.1) is 0 Å². The summed E-state index contributed by atoms with van der Waals surface area (Å²) in [5.41, 5.74) is 2.46. The highest BCUT2D eigenvalue weighted by Crippen LogP contribution is 2.19. The summed E-state index contributed by atoms with van der Waals surface area (Å²) in [6.07, 6.45) is 0.929. The molecule has 0 aliphatic heterocycles. The van der Waals surface area contributed by atoms with E-state index in [-0.39, 0.29) is 5.54 Å². The quantitative estimate of drug-likeness (QED) is 0.566. The van der Waals surface area contributed by atoms with Crippen LogP contribution >= 0.6 is 0 Å². The van der Waals surface area contributed by atoms with Gasteiger partial charge in [0.25, 0.3) is 0 Å². The van der Waals surface area contributed by atoms with E-state index in [0.717, 1.165) is 43.3 Å². The van der Waals surface area contributed by atoms with Gasteiger partial charge in [-0.2, -0.15) is 0 Å². The molecule has 0 unspecified atom stereocenters. The number of methoxy groups -OCH3 is 1. The number of aliphatic imine (C=N–C) groups is 1. The van der Waals surface area contributed by atoms with Gasteiger partial charge >= 0.3 is 0 Å². The molecule has 0 atom stereocenters. The fourth-order valence-corrected chi connectivity index (χ4v) is 2.10. The molecular formula is C19H34N4O. The van der Waals surface area contributed by atoms with E-state index in [1.54, 1.807) is 7.11 Å². The number of guanidine groups is 1. The van der Waals surface area contributed by atoms with Gasteiger partial charge in [0.05, 0.1) is 13.7 Å². The first-order valence-electron chi connectivity index (χ1n) is 8.63. The van der Waals surface area contributed by atoms with Gasteiger partial charge in [-0.05, 0) is 65.4 Å². The van der Waals surface area contributed by atoms with Gasteiger partial charge in [0.1, 0.15) is 5.75 Å². The van der Waals surface area contributed by atoms with Gasteiger partial charge in [-0.25, -0.2) is 0 Å². The third-order valence-corrected chi connectivity index (χ3v) is 4.36. The number of hydrogen-bond donors (Lipinski definition) is 2. The van der Waals surface area contributed by atoms with Crippen molar-refractivity contribution in [2.45, 2.75) is 39.7 Å². The van der Waals surface area contributed by atoms with Crippen molar-refractivity contribution < 1.29 is 4.74 Å². The molecule has 0 aliphatic carbocycles. The molecule has 1 rings (SSSR count). The van der Waals surface area contributed by atoms with Gasteiger partial charge in [0.2, 0.25) is 0 Å². The molecule has 0 heterocycles. The molecule has 0 bridgehead atoms. The largest absolute Gasteiger partial charge is 0.496 e. The van der Waals surface area contributed by atoms with Crippen LogP contribution in [0.5, 0.6) is 5.75 Å². The smallest absolute Gasteiger partial charge is 0.191 e. The Morgan fingerprint density at radius 1 is 1.25 bits per heavy atom. The highest BCUT2D eigenvalue weighted by atomic mass is 16.5. The lowest BCUT2D eigenvalue weighted by Gasteiger charge is -2.31. The minimum atomic E-state index is 0.0344. The topological polar surface area (TPSA) is 48.9 Å². The SMILES string of the molecule is CCNC(=NCC(C)(C)N(C)C)NCCc1ccc(C)c(OC)c1. The van der Waals surface area contributed by atoms with Crippen LogP contribution in [-0.2, 0) is 6.42 Å². The van der Waals surface area contributed by atoms with E-state index in [1.165, 1.54) is 5.56 Å². The van der Waals surface area contributed by atoms with Crippen LogP contribution in [0.1, 0.15) is 31.9 Å². The molecule has 0 aliphatic rings. The summed E-state index contributed by atoms with van der Waals surface area (Å²) in [5.74, 6) is 1.81. The Labute approximate surface area is 147 Å². The number of likely N-dealkylation sites (N-methyl/N-ethyl adjacent to an activating group) is 1. The predicted octanol–water partition coefficient (Wildman–Crippen LogP) is 2.44. The van der Waals surface area contributed by atoms with E-state index in [9.17, 15) is 0 Å². The summed E-state index contributed by atoms with van der Waals surface area (Å²) in [5, 5.41) is 6.72. The van der Waals surface area contributed by atoms with Gasteiger partial charge in [0, 0.05) is 18.6 Å². The molecule has 1 aromatic rings. The summed E-state index contributed by atoms with van der Waals surface area (Å²) in [6, 6.07) is 6.36. The molecule has 0 fully saturated rings. The van der Waals surface area contributed by atoms with E-state index < -0.39 is 0 Å². The Hall–Kier alpha value is -1.75. The lowest BCUT2D eigenvalue weighted by Crippen LogP contribution is -2.44. The minimum absolute atomic E-state index is 0.0344. The maximum absolute atomic E-state index is 5.39. The van der Waals surface area contributed by atoms with Crippen LogP contribution in [-0.4, -0.2) is 57.2 Å². The van der Waals surface area contributed by atoms with Crippen molar-refractivity contribution in [3.63, 3.8) is 0 Å². The highest BCUT2D eigenvalue weighted by molar-refractivity contribution is 5.79. The highest BCUT2D eigenvalue weighted by Gasteiger charge is 2.19. The maximum atomic E-state index is 5.39. The molecule has 0 aromatic heterocycles. The second-order valence-corrected chi connectivity index (χ2v) is 6.88. The Morgan fingerprint density at radius 2 is 1.96 bits per heavy atom. The van der Waals surface area contributed by atoms with Gasteiger partial charge in [-0.1, -0.05) is 12.1 Å². The number of aryl methyl sites for hydroxylation is 1. The van der Waals surface area contributed by atoms with E-state index >= 15 is 0 Å². The monoisotopic (exact) mass is 334 g/mol. The van der Waals surface area contributed by atoms with E-state index in [4.69, 9.17) is 9.73 Å². The van der Waals surface area contributed by atoms with E-state index in [2.05, 4.69) is 75.5 Å². The number of ether oxygens (including phenoxy) is 1. The molecule has 0 spiro atoms. The summed E-state index contributed by atoms with van der Waals surface area (Å²) >= 11 is 0. The van der Waals surface area contributed by atoms with Crippen molar-refractivity contribution in [1.82, 2.24) is 15.5 Å². The zero-order valence-corrected chi connectivity index (χ0v) is 16.4. The number of hydrogen-bond acceptors (Lipinski definition) is 3. The standard InChI is InChI=1S/C19H34N4O/c1-8-20-18(22-14-19(3,4)23(5)6)21-12-11-16-10-9-15(2)17(13-16)24-7/h9-10,13H,8,11-12,14H2,1-7H3,(H2,20,21,22). The third-order valence-electron chi connectivity index (χ3n) is 4.36. The Kier molecular flexibility index (Phi) is 8.05. The van der Waals surface area contributed by atoms with Crippen LogP contribution in [0.15, 0.2) is 23.2 Å². The number of rotatable bonds is 8. The van der Waals surface area contributed by atoms with Crippen molar-refractivity contribution in [3.8, 4) is 5.75 Å². The van der Waals surface area contributed by atoms with Gasteiger partial charge < -0.3 is 20.3 Å². The molecule has 0 amide bonds. The second-order valence-electron chi connectivity index (χ2n) is 6.88. The van der Waals surface area contributed by atoms with E-state index in [0.29, 0.717) is 0 Å². The van der Waals surface area contributed by atoms with Crippen LogP contribution in [0, 0.1) is 6.92 Å². The van der Waals surface area contributed by atoms with Crippen molar-refractivity contribution in [3.05, 3.63) is 29.3 Å². The molecule has 0 radical (unpaired) electrons. The first-order valence-corrected chi connectivity index (χ1v) is 8.63. The molecular weight excluding hydrogens is 300 g/mol. The molecule has 5 nitrogen and oxygen atoms in total. The van der Waals surface area contributed by atoms with Crippen LogP contribution < -0.4 is 15.4 Å². The first kappa shape index (κ1) is 20.3. The predicted molar refractivity (Wildman–Crippen MR) is 103 cm³/mol. The molecule has 0 saturated heterocycles. The molecule has 2 N–H and O–H groups in total. The Balaban J connectivity index is 2.60. The third kappa shape index (κ3) is 6.40. The fourth-order valence-electron chi connectivity index (χ4n) is 2.10. The van der Waals surface area contributed by atoms with Gasteiger partial charge in [-0.3, -0.25) is 4.99 Å². The fraction of sp³-hybridized carbons (Fsp3) is 0.632. The maximum Gasteiger partial charge on any atom is 0.191 e. The summed E-state index contributed by atoms with van der Waals surface area (Å²) in [6.45, 7) is 11.0. The molecule has 1 aromatic carbocycles. The average molecular weight is 335 g/mol. The van der Waals surface area contributed by atoms with Crippen LogP contribution in [0.2, 0.25) is 0 Å². The number of nitrogens with zero attached hydrogens (tertiary/aromatic N) is 2.